The van der Waals surface area contributed by atoms with E-state index in [0.29, 0.717) is 6.04 Å². The van der Waals surface area contributed by atoms with E-state index >= 15 is 0 Å². The van der Waals surface area contributed by atoms with Gasteiger partial charge in [-0.3, -0.25) is 9.80 Å². The van der Waals surface area contributed by atoms with Gasteiger partial charge in [0.1, 0.15) is 11.6 Å². The third-order valence-corrected chi connectivity index (χ3v) is 6.66. The minimum atomic E-state index is 0.694. The lowest BCUT2D eigenvalue weighted by Crippen LogP contribution is -2.51. The highest BCUT2D eigenvalue weighted by molar-refractivity contribution is 5.89. The molecule has 1 fully saturated rings. The molecule has 0 bridgehead atoms. The molecule has 5 nitrogen and oxygen atoms in total. The molecule has 156 valence electrons. The standard InChI is InChI=1S/C25H31N5/c1-28(2)25-22-9-5-6-10-23(22)26-24(27-25)18-29-13-15-30(16-14-29)21-12-11-19-7-3-4-8-20(19)17-21/h3-10,21H,11-18H2,1-2H3. The van der Waals surface area contributed by atoms with Crippen molar-refractivity contribution < 1.29 is 0 Å². The van der Waals surface area contributed by atoms with Crippen LogP contribution in [-0.2, 0) is 19.4 Å². The van der Waals surface area contributed by atoms with E-state index in [-0.39, 0.29) is 0 Å². The van der Waals surface area contributed by atoms with Gasteiger partial charge in [-0.2, -0.15) is 0 Å². The van der Waals surface area contributed by atoms with E-state index in [4.69, 9.17) is 9.97 Å². The molecule has 0 spiro atoms. The van der Waals surface area contributed by atoms with Crippen molar-refractivity contribution >= 4 is 16.7 Å². The monoisotopic (exact) mass is 401 g/mol. The van der Waals surface area contributed by atoms with Crippen LogP contribution in [0.25, 0.3) is 10.9 Å². The Hall–Kier alpha value is -2.50. The van der Waals surface area contributed by atoms with Gasteiger partial charge in [0.15, 0.2) is 0 Å². The molecular weight excluding hydrogens is 370 g/mol. The fourth-order valence-corrected chi connectivity index (χ4v) is 5.00. The Morgan fingerprint density at radius 1 is 0.900 bits per heavy atom. The van der Waals surface area contributed by atoms with Crippen molar-refractivity contribution in [3.63, 3.8) is 0 Å². The Bertz CT molecular complexity index is 1020. The molecule has 2 aliphatic rings. The van der Waals surface area contributed by atoms with E-state index in [1.807, 2.05) is 0 Å². The molecule has 1 aliphatic carbocycles. The van der Waals surface area contributed by atoms with E-state index < -0.39 is 0 Å². The van der Waals surface area contributed by atoms with E-state index in [1.54, 1.807) is 11.1 Å². The lowest BCUT2D eigenvalue weighted by atomic mass is 9.87. The van der Waals surface area contributed by atoms with Crippen LogP contribution in [0.15, 0.2) is 48.5 Å². The first-order chi connectivity index (χ1) is 14.7. The largest absolute Gasteiger partial charge is 0.362 e. The van der Waals surface area contributed by atoms with Gasteiger partial charge in [-0.15, -0.1) is 0 Å². The quantitative estimate of drug-likeness (QED) is 0.670. The zero-order valence-corrected chi connectivity index (χ0v) is 18.1. The summed E-state index contributed by atoms with van der Waals surface area (Å²) in [6, 6.07) is 18.0. The van der Waals surface area contributed by atoms with Crippen LogP contribution in [0, 0.1) is 0 Å². The van der Waals surface area contributed by atoms with Crippen molar-refractivity contribution in [3.05, 3.63) is 65.5 Å². The molecule has 0 N–H and O–H groups in total. The average molecular weight is 402 g/mol. The molecule has 1 saturated heterocycles. The SMILES string of the molecule is CN(C)c1nc(CN2CCN(C3CCc4ccccc4C3)CC2)nc2ccccc12. The number of rotatable bonds is 4. The van der Waals surface area contributed by atoms with Crippen LogP contribution in [0.3, 0.4) is 0 Å². The Morgan fingerprint density at radius 2 is 1.63 bits per heavy atom. The van der Waals surface area contributed by atoms with Gasteiger partial charge in [0.25, 0.3) is 0 Å². The second-order valence-corrected chi connectivity index (χ2v) is 8.85. The Balaban J connectivity index is 1.24. The van der Waals surface area contributed by atoms with Crippen molar-refractivity contribution in [3.8, 4) is 0 Å². The molecular formula is C25H31N5. The number of piperazine rings is 1. The molecule has 0 radical (unpaired) electrons. The van der Waals surface area contributed by atoms with Gasteiger partial charge < -0.3 is 4.90 Å². The number of hydrogen-bond donors (Lipinski definition) is 0. The topological polar surface area (TPSA) is 35.5 Å². The highest BCUT2D eigenvalue weighted by Gasteiger charge is 2.27. The lowest BCUT2D eigenvalue weighted by molar-refractivity contribution is 0.0843. The van der Waals surface area contributed by atoms with Crippen LogP contribution in [0.1, 0.15) is 23.4 Å². The van der Waals surface area contributed by atoms with E-state index in [9.17, 15) is 0 Å². The van der Waals surface area contributed by atoms with Crippen molar-refractivity contribution in [1.29, 1.82) is 0 Å². The molecule has 0 saturated carbocycles. The van der Waals surface area contributed by atoms with Crippen LogP contribution in [-0.4, -0.2) is 66.1 Å². The van der Waals surface area contributed by atoms with Crippen LogP contribution < -0.4 is 4.90 Å². The van der Waals surface area contributed by atoms with Gasteiger partial charge in [-0.25, -0.2) is 9.97 Å². The van der Waals surface area contributed by atoms with Gasteiger partial charge >= 0.3 is 0 Å². The molecule has 2 heterocycles. The van der Waals surface area contributed by atoms with Gasteiger partial charge in [0.2, 0.25) is 0 Å². The number of fused-ring (bicyclic) bond motifs is 2. The highest BCUT2D eigenvalue weighted by Crippen LogP contribution is 2.26. The van der Waals surface area contributed by atoms with E-state index in [0.717, 1.165) is 55.3 Å². The summed E-state index contributed by atoms with van der Waals surface area (Å²) in [5.74, 6) is 1.94. The number of nitrogens with zero attached hydrogens (tertiary/aromatic N) is 5. The average Bonchev–Trinajstić information content (AvgIpc) is 2.78. The number of aryl methyl sites for hydroxylation is 1. The van der Waals surface area contributed by atoms with Gasteiger partial charge in [0.05, 0.1) is 12.1 Å². The van der Waals surface area contributed by atoms with E-state index in [1.165, 1.54) is 19.3 Å². The highest BCUT2D eigenvalue weighted by atomic mass is 15.3. The van der Waals surface area contributed by atoms with Crippen LogP contribution >= 0.6 is 0 Å². The predicted octanol–water partition coefficient (Wildman–Crippen LogP) is 3.37. The van der Waals surface area contributed by atoms with Crippen LogP contribution in [0.5, 0.6) is 0 Å². The molecule has 0 amide bonds. The second-order valence-electron chi connectivity index (χ2n) is 8.85. The first-order valence-electron chi connectivity index (χ1n) is 11.1. The van der Waals surface area contributed by atoms with Crippen molar-refractivity contribution in [2.45, 2.75) is 31.8 Å². The lowest BCUT2D eigenvalue weighted by Gasteiger charge is -2.41. The maximum atomic E-state index is 4.89. The van der Waals surface area contributed by atoms with Gasteiger partial charge in [0, 0.05) is 51.7 Å². The number of hydrogen-bond acceptors (Lipinski definition) is 5. The smallest absolute Gasteiger partial charge is 0.145 e. The summed E-state index contributed by atoms with van der Waals surface area (Å²) in [4.78, 5) is 17.0. The molecule has 30 heavy (non-hydrogen) atoms. The molecule has 5 rings (SSSR count). The molecule has 2 aromatic carbocycles. The first kappa shape index (κ1) is 19.5. The zero-order valence-electron chi connectivity index (χ0n) is 18.1. The maximum Gasteiger partial charge on any atom is 0.145 e. The maximum absolute atomic E-state index is 4.89. The van der Waals surface area contributed by atoms with Crippen molar-refractivity contribution in [1.82, 2.24) is 19.8 Å². The summed E-state index contributed by atoms with van der Waals surface area (Å²) in [6.07, 6.45) is 3.71. The first-order valence-corrected chi connectivity index (χ1v) is 11.1. The molecule has 3 aromatic rings. The number of anilines is 1. The second kappa shape index (κ2) is 8.32. The Morgan fingerprint density at radius 3 is 2.43 bits per heavy atom. The van der Waals surface area contributed by atoms with E-state index in [2.05, 4.69) is 77.3 Å². The Labute approximate surface area is 179 Å². The van der Waals surface area contributed by atoms with Crippen molar-refractivity contribution in [2.24, 2.45) is 0 Å². The fraction of sp³-hybridized carbons (Fsp3) is 0.440. The third-order valence-electron chi connectivity index (χ3n) is 6.66. The molecule has 1 aliphatic heterocycles. The zero-order chi connectivity index (χ0) is 20.5. The number of para-hydroxylation sites is 1. The van der Waals surface area contributed by atoms with Crippen LogP contribution in [0.2, 0.25) is 0 Å². The molecule has 5 heteroatoms. The Kier molecular flexibility index (Phi) is 5.40. The van der Waals surface area contributed by atoms with Gasteiger partial charge in [-0.05, 0) is 42.5 Å². The summed E-state index contributed by atoms with van der Waals surface area (Å²) < 4.78 is 0. The minimum absolute atomic E-state index is 0.694. The third kappa shape index (κ3) is 3.92. The van der Waals surface area contributed by atoms with Crippen LogP contribution in [0.4, 0.5) is 5.82 Å². The summed E-state index contributed by atoms with van der Waals surface area (Å²) in [5, 5.41) is 1.12. The minimum Gasteiger partial charge on any atom is -0.362 e. The summed E-state index contributed by atoms with van der Waals surface area (Å²) in [7, 11) is 4.11. The molecule has 1 unspecified atom stereocenters. The number of benzene rings is 2. The summed E-state index contributed by atoms with van der Waals surface area (Å²) >= 11 is 0. The summed E-state index contributed by atoms with van der Waals surface area (Å²) in [6.45, 7) is 5.28. The summed E-state index contributed by atoms with van der Waals surface area (Å²) in [5.41, 5.74) is 4.14. The fourth-order valence-electron chi connectivity index (χ4n) is 5.00. The normalized spacial score (nSPS) is 20.3. The predicted molar refractivity (Wildman–Crippen MR) is 123 cm³/mol. The molecule has 1 atom stereocenters. The molecule has 1 aromatic heterocycles. The van der Waals surface area contributed by atoms with Crippen molar-refractivity contribution in [2.75, 3.05) is 45.2 Å². The number of aromatic nitrogens is 2. The van der Waals surface area contributed by atoms with Gasteiger partial charge in [-0.1, -0.05) is 36.4 Å².